The molecule has 2 aliphatic heterocycles. The maximum absolute atomic E-state index is 12.9. The molecule has 0 radical (unpaired) electrons. The van der Waals surface area contributed by atoms with Gasteiger partial charge in [0.1, 0.15) is 18.1 Å². The summed E-state index contributed by atoms with van der Waals surface area (Å²) in [5.41, 5.74) is 3.54. The molecule has 3 aromatic rings. The molecule has 156 valence electrons. The van der Waals surface area contributed by atoms with Gasteiger partial charge in [0.15, 0.2) is 0 Å². The van der Waals surface area contributed by atoms with Crippen molar-refractivity contribution in [1.29, 1.82) is 0 Å². The zero-order chi connectivity index (χ0) is 20.5. The van der Waals surface area contributed by atoms with Gasteiger partial charge in [0.2, 0.25) is 0 Å². The number of benzene rings is 1. The second kappa shape index (κ2) is 7.87. The van der Waals surface area contributed by atoms with E-state index in [1.165, 1.54) is 5.69 Å². The Morgan fingerprint density at radius 1 is 1.27 bits per heavy atom. The third-order valence-corrected chi connectivity index (χ3v) is 5.75. The minimum absolute atomic E-state index is 0.0874. The average Bonchev–Trinajstić information content (AvgIpc) is 3.22. The summed E-state index contributed by atoms with van der Waals surface area (Å²) in [5.74, 6) is 1.44. The second-order valence-corrected chi connectivity index (χ2v) is 7.67. The lowest BCUT2D eigenvalue weighted by Gasteiger charge is -2.31. The highest BCUT2D eigenvalue weighted by Gasteiger charge is 2.24. The number of nitrogens with zero attached hydrogens (tertiary/aromatic N) is 3. The molecule has 2 aromatic heterocycles. The Labute approximate surface area is 174 Å². The lowest BCUT2D eigenvalue weighted by Crippen LogP contribution is -2.44. The van der Waals surface area contributed by atoms with Gasteiger partial charge in [0, 0.05) is 50.2 Å². The number of carbonyl (C=O) groups is 1. The molecule has 2 aliphatic rings. The Morgan fingerprint density at radius 2 is 2.13 bits per heavy atom. The summed E-state index contributed by atoms with van der Waals surface area (Å²) in [6.45, 7) is 4.46. The number of aromatic nitrogens is 2. The van der Waals surface area contributed by atoms with E-state index >= 15 is 0 Å². The minimum atomic E-state index is -0.160. The van der Waals surface area contributed by atoms with Crippen molar-refractivity contribution in [2.24, 2.45) is 0 Å². The van der Waals surface area contributed by atoms with Crippen molar-refractivity contribution in [1.82, 2.24) is 20.2 Å². The molecule has 5 rings (SSSR count). The molecule has 2 N–H and O–H groups in total. The van der Waals surface area contributed by atoms with Crippen molar-refractivity contribution in [2.75, 3.05) is 44.8 Å². The lowest BCUT2D eigenvalue weighted by atomic mass is 10.0. The van der Waals surface area contributed by atoms with Crippen LogP contribution in [0.4, 0.5) is 5.69 Å². The van der Waals surface area contributed by atoms with Crippen LogP contribution >= 0.6 is 0 Å². The van der Waals surface area contributed by atoms with Crippen LogP contribution in [0.1, 0.15) is 15.9 Å². The Morgan fingerprint density at radius 3 is 2.97 bits per heavy atom. The van der Waals surface area contributed by atoms with E-state index in [1.807, 2.05) is 12.1 Å². The minimum Gasteiger partial charge on any atom is -0.497 e. The topological polar surface area (TPSA) is 80.1 Å². The molecule has 8 nitrogen and oxygen atoms in total. The zero-order valence-electron chi connectivity index (χ0n) is 16.9. The van der Waals surface area contributed by atoms with E-state index in [0.717, 1.165) is 43.9 Å². The SMILES string of the molecule is COc1ccn2ncc(C(=O)N[C@H]3COc4cc(N5CCNCC5)ccc4C3)c2c1. The quantitative estimate of drug-likeness (QED) is 0.682. The number of hydrogen-bond acceptors (Lipinski definition) is 6. The smallest absolute Gasteiger partial charge is 0.255 e. The summed E-state index contributed by atoms with van der Waals surface area (Å²) >= 11 is 0. The van der Waals surface area contributed by atoms with Gasteiger partial charge >= 0.3 is 0 Å². The number of hydrogen-bond donors (Lipinski definition) is 2. The van der Waals surface area contributed by atoms with Crippen LogP contribution in [0.3, 0.4) is 0 Å². The number of ether oxygens (including phenoxy) is 2. The number of anilines is 1. The summed E-state index contributed by atoms with van der Waals surface area (Å²) in [6, 6.07) is 9.92. The van der Waals surface area contributed by atoms with Crippen molar-refractivity contribution >= 4 is 17.1 Å². The van der Waals surface area contributed by atoms with Crippen molar-refractivity contribution < 1.29 is 14.3 Å². The number of piperazine rings is 1. The first-order valence-electron chi connectivity index (χ1n) is 10.2. The molecule has 8 heteroatoms. The van der Waals surface area contributed by atoms with E-state index in [1.54, 1.807) is 24.0 Å². The van der Waals surface area contributed by atoms with Gasteiger partial charge in [-0.25, -0.2) is 4.52 Å². The number of pyridine rings is 1. The number of amides is 1. The van der Waals surface area contributed by atoms with Gasteiger partial charge in [-0.15, -0.1) is 0 Å². The first-order valence-corrected chi connectivity index (χ1v) is 10.2. The van der Waals surface area contributed by atoms with E-state index in [2.05, 4.69) is 38.8 Å². The van der Waals surface area contributed by atoms with Crippen LogP contribution < -0.4 is 25.0 Å². The third kappa shape index (κ3) is 3.54. The largest absolute Gasteiger partial charge is 0.497 e. The molecule has 0 unspecified atom stereocenters. The molecule has 1 fully saturated rings. The van der Waals surface area contributed by atoms with Gasteiger partial charge in [-0.2, -0.15) is 5.10 Å². The number of fused-ring (bicyclic) bond motifs is 2. The van der Waals surface area contributed by atoms with E-state index in [0.29, 0.717) is 23.4 Å². The van der Waals surface area contributed by atoms with Gasteiger partial charge in [-0.1, -0.05) is 6.07 Å². The Bertz CT molecular complexity index is 1070. The molecule has 1 saturated heterocycles. The van der Waals surface area contributed by atoms with Gasteiger partial charge in [0.25, 0.3) is 5.91 Å². The highest BCUT2D eigenvalue weighted by atomic mass is 16.5. The molecule has 1 amide bonds. The number of nitrogens with one attached hydrogen (secondary N) is 2. The Balaban J connectivity index is 1.29. The standard InChI is InChI=1S/C22H25N5O3/c1-29-18-4-7-27-20(12-18)19(13-24-27)22(28)25-16-10-15-2-3-17(11-21(15)30-14-16)26-8-5-23-6-9-26/h2-4,7,11-13,16,23H,5-6,8-10,14H2,1H3,(H,25,28)/t16-/m1/s1. The molecule has 1 atom stereocenters. The molecule has 1 aromatic carbocycles. The summed E-state index contributed by atoms with van der Waals surface area (Å²) in [6.07, 6.45) is 4.10. The Kier molecular flexibility index (Phi) is 4.92. The van der Waals surface area contributed by atoms with Gasteiger partial charge in [0.05, 0.1) is 30.4 Å². The molecule has 0 saturated carbocycles. The van der Waals surface area contributed by atoms with Gasteiger partial charge in [-0.05, 0) is 24.1 Å². The highest BCUT2D eigenvalue weighted by Crippen LogP contribution is 2.30. The fourth-order valence-corrected chi connectivity index (χ4v) is 4.10. The first-order chi connectivity index (χ1) is 14.7. The maximum atomic E-state index is 12.9. The number of rotatable bonds is 4. The summed E-state index contributed by atoms with van der Waals surface area (Å²) < 4.78 is 12.9. The van der Waals surface area contributed by atoms with Crippen molar-refractivity contribution in [3.63, 3.8) is 0 Å². The van der Waals surface area contributed by atoms with E-state index in [-0.39, 0.29) is 11.9 Å². The molecular formula is C22H25N5O3. The normalized spacial score (nSPS) is 18.6. The van der Waals surface area contributed by atoms with Crippen LogP contribution in [-0.4, -0.2) is 61.5 Å². The second-order valence-electron chi connectivity index (χ2n) is 7.67. The third-order valence-electron chi connectivity index (χ3n) is 5.75. The number of methoxy groups -OCH3 is 1. The van der Waals surface area contributed by atoms with Crippen molar-refractivity contribution in [3.8, 4) is 11.5 Å². The average molecular weight is 407 g/mol. The Hall–Kier alpha value is -3.26. The van der Waals surface area contributed by atoms with E-state index in [4.69, 9.17) is 9.47 Å². The van der Waals surface area contributed by atoms with Crippen LogP contribution in [0, 0.1) is 0 Å². The van der Waals surface area contributed by atoms with Crippen molar-refractivity contribution in [3.05, 3.63) is 53.9 Å². The molecule has 0 aliphatic carbocycles. The summed E-state index contributed by atoms with van der Waals surface area (Å²) in [4.78, 5) is 15.3. The van der Waals surface area contributed by atoms with Crippen LogP contribution in [0.15, 0.2) is 42.7 Å². The summed E-state index contributed by atoms with van der Waals surface area (Å²) in [7, 11) is 1.60. The van der Waals surface area contributed by atoms with Crippen LogP contribution in [0.25, 0.3) is 5.52 Å². The van der Waals surface area contributed by atoms with Crippen LogP contribution in [0.2, 0.25) is 0 Å². The predicted octanol–water partition coefficient (Wildman–Crippen LogP) is 1.49. The van der Waals surface area contributed by atoms with Crippen LogP contribution in [-0.2, 0) is 6.42 Å². The molecule has 4 heterocycles. The molecule has 0 spiro atoms. The van der Waals surface area contributed by atoms with Gasteiger partial charge < -0.3 is 25.0 Å². The molecular weight excluding hydrogens is 382 g/mol. The van der Waals surface area contributed by atoms with Crippen molar-refractivity contribution in [2.45, 2.75) is 12.5 Å². The molecule has 30 heavy (non-hydrogen) atoms. The summed E-state index contributed by atoms with van der Waals surface area (Å²) in [5, 5.41) is 10.7. The van der Waals surface area contributed by atoms with Gasteiger partial charge in [-0.3, -0.25) is 4.79 Å². The fraction of sp³-hybridized carbons (Fsp3) is 0.364. The van der Waals surface area contributed by atoms with Crippen LogP contribution in [0.5, 0.6) is 11.5 Å². The predicted molar refractivity (Wildman–Crippen MR) is 114 cm³/mol. The lowest BCUT2D eigenvalue weighted by molar-refractivity contribution is 0.0917. The zero-order valence-corrected chi connectivity index (χ0v) is 16.9. The maximum Gasteiger partial charge on any atom is 0.255 e. The highest BCUT2D eigenvalue weighted by molar-refractivity contribution is 6.01. The first kappa shape index (κ1) is 18.7. The number of carbonyl (C=O) groups excluding carboxylic acids is 1. The fourth-order valence-electron chi connectivity index (χ4n) is 4.10. The van der Waals surface area contributed by atoms with E-state index in [9.17, 15) is 4.79 Å². The van der Waals surface area contributed by atoms with E-state index < -0.39 is 0 Å². The monoisotopic (exact) mass is 407 g/mol. The molecule has 0 bridgehead atoms.